The summed E-state index contributed by atoms with van der Waals surface area (Å²) < 4.78 is 29.3. The number of nitrogens with zero attached hydrogens (tertiary/aromatic N) is 2. The van der Waals surface area contributed by atoms with Gasteiger partial charge in [-0.15, -0.1) is 0 Å². The Morgan fingerprint density at radius 2 is 1.38 bits per heavy atom. The summed E-state index contributed by atoms with van der Waals surface area (Å²) in [5, 5.41) is 3.34. The lowest BCUT2D eigenvalue weighted by Gasteiger charge is -2.34. The van der Waals surface area contributed by atoms with E-state index in [4.69, 9.17) is 23.2 Å². The Morgan fingerprint density at radius 1 is 0.778 bits per heavy atom. The van der Waals surface area contributed by atoms with Crippen molar-refractivity contribution < 1.29 is 18.0 Å². The van der Waals surface area contributed by atoms with Crippen LogP contribution in [0.25, 0.3) is 0 Å². The van der Waals surface area contributed by atoms with Crippen molar-refractivity contribution in [2.45, 2.75) is 57.6 Å². The van der Waals surface area contributed by atoms with Gasteiger partial charge in [0.2, 0.25) is 11.8 Å². The molecule has 10 heteroatoms. The van der Waals surface area contributed by atoms with Gasteiger partial charge in [-0.3, -0.25) is 13.9 Å². The highest BCUT2D eigenvalue weighted by atomic mass is 35.5. The number of carbonyl (C=O) groups is 2. The molecule has 1 atom stereocenters. The SMILES string of the molecule is Cc1ccc(CN(C(=O)CN(c2ccc(Cl)c(Cl)c2)S(=O)(=O)c2ccc(C)cc2)C(Cc2ccccc2)C(=O)NC(C)C)cc1. The first kappa shape index (κ1) is 34.0. The fourth-order valence-corrected chi connectivity index (χ4v) is 6.53. The second-order valence-corrected chi connectivity index (χ2v) is 14.0. The molecule has 0 saturated heterocycles. The number of anilines is 1. The number of aryl methyl sites for hydroxylation is 2. The molecule has 0 aliphatic rings. The van der Waals surface area contributed by atoms with Gasteiger partial charge in [0.05, 0.1) is 20.6 Å². The van der Waals surface area contributed by atoms with Gasteiger partial charge in [0.15, 0.2) is 0 Å². The first-order valence-electron chi connectivity index (χ1n) is 14.6. The van der Waals surface area contributed by atoms with E-state index in [2.05, 4.69) is 5.32 Å². The Morgan fingerprint density at radius 3 is 1.96 bits per heavy atom. The first-order chi connectivity index (χ1) is 21.3. The molecule has 0 aromatic heterocycles. The molecule has 7 nitrogen and oxygen atoms in total. The highest BCUT2D eigenvalue weighted by Gasteiger charge is 2.35. The van der Waals surface area contributed by atoms with Gasteiger partial charge in [0.25, 0.3) is 10.0 Å². The van der Waals surface area contributed by atoms with E-state index in [0.717, 1.165) is 26.6 Å². The summed E-state index contributed by atoms with van der Waals surface area (Å²) in [6.07, 6.45) is 0.231. The molecule has 0 bridgehead atoms. The van der Waals surface area contributed by atoms with Crippen molar-refractivity contribution >= 4 is 50.7 Å². The van der Waals surface area contributed by atoms with Crippen molar-refractivity contribution in [1.29, 1.82) is 0 Å². The van der Waals surface area contributed by atoms with Crippen molar-refractivity contribution in [3.05, 3.63) is 129 Å². The Kier molecular flexibility index (Phi) is 11.3. The van der Waals surface area contributed by atoms with Gasteiger partial charge in [-0.05, 0) is 69.2 Å². The topological polar surface area (TPSA) is 86.8 Å². The third-order valence-corrected chi connectivity index (χ3v) is 9.78. The molecule has 4 rings (SSSR count). The molecule has 1 unspecified atom stereocenters. The number of sulfonamides is 1. The third-order valence-electron chi connectivity index (χ3n) is 7.25. The lowest BCUT2D eigenvalue weighted by atomic mass is 10.0. The van der Waals surface area contributed by atoms with Gasteiger partial charge in [-0.2, -0.15) is 0 Å². The lowest BCUT2D eigenvalue weighted by molar-refractivity contribution is -0.140. The van der Waals surface area contributed by atoms with E-state index in [1.54, 1.807) is 12.1 Å². The highest BCUT2D eigenvalue weighted by Crippen LogP contribution is 2.31. The summed E-state index contributed by atoms with van der Waals surface area (Å²) in [7, 11) is -4.25. The van der Waals surface area contributed by atoms with Gasteiger partial charge in [0, 0.05) is 19.0 Å². The maximum atomic E-state index is 14.5. The summed E-state index contributed by atoms with van der Waals surface area (Å²) >= 11 is 12.5. The molecule has 0 aliphatic carbocycles. The summed E-state index contributed by atoms with van der Waals surface area (Å²) in [4.78, 5) is 29.7. The Bertz CT molecular complexity index is 1730. The maximum absolute atomic E-state index is 14.5. The van der Waals surface area contributed by atoms with Crippen LogP contribution in [0.3, 0.4) is 0 Å². The van der Waals surface area contributed by atoms with Crippen molar-refractivity contribution in [3.8, 4) is 0 Å². The molecular weight excluding hydrogens is 629 g/mol. The van der Waals surface area contributed by atoms with Crippen molar-refractivity contribution in [1.82, 2.24) is 10.2 Å². The normalized spacial score (nSPS) is 12.1. The molecule has 1 N–H and O–H groups in total. The minimum absolute atomic E-state index is 0.00967. The Hall–Kier alpha value is -3.85. The largest absolute Gasteiger partial charge is 0.352 e. The molecule has 0 heterocycles. The average Bonchev–Trinajstić information content (AvgIpc) is 3.00. The quantitative estimate of drug-likeness (QED) is 0.177. The lowest BCUT2D eigenvalue weighted by Crippen LogP contribution is -2.54. The molecule has 0 saturated carbocycles. The zero-order valence-corrected chi connectivity index (χ0v) is 28.0. The zero-order chi connectivity index (χ0) is 32.7. The summed E-state index contributed by atoms with van der Waals surface area (Å²) in [5.74, 6) is -0.894. The second-order valence-electron chi connectivity index (χ2n) is 11.3. The number of rotatable bonds is 12. The Labute approximate surface area is 275 Å². The van der Waals surface area contributed by atoms with Crippen LogP contribution in [0.2, 0.25) is 10.0 Å². The average molecular weight is 667 g/mol. The van der Waals surface area contributed by atoms with Crippen LogP contribution in [-0.4, -0.2) is 43.8 Å². The van der Waals surface area contributed by atoms with E-state index in [9.17, 15) is 18.0 Å². The standard InChI is InChI=1S/C35H37Cl2N3O4S/c1-24(2)38-35(42)33(20-27-8-6-5-7-9-27)39(22-28-14-10-25(3)11-15-28)34(41)23-40(29-16-19-31(36)32(37)21-29)45(43,44)30-17-12-26(4)13-18-30/h5-19,21,24,33H,20,22-23H2,1-4H3,(H,38,42). The summed E-state index contributed by atoms with van der Waals surface area (Å²) in [6.45, 7) is 7.02. The molecular formula is C35H37Cl2N3O4S. The van der Waals surface area contributed by atoms with E-state index in [0.29, 0.717) is 0 Å². The van der Waals surface area contributed by atoms with Gasteiger partial charge >= 0.3 is 0 Å². The van der Waals surface area contributed by atoms with Crippen LogP contribution < -0.4 is 9.62 Å². The second kappa shape index (κ2) is 15.0. The van der Waals surface area contributed by atoms with Crippen LogP contribution >= 0.6 is 23.2 Å². The number of hydrogen-bond acceptors (Lipinski definition) is 4. The van der Waals surface area contributed by atoms with E-state index in [1.165, 1.54) is 35.2 Å². The maximum Gasteiger partial charge on any atom is 0.264 e. The number of benzene rings is 4. The van der Waals surface area contributed by atoms with Crippen LogP contribution in [0.5, 0.6) is 0 Å². The summed E-state index contributed by atoms with van der Waals surface area (Å²) in [5.41, 5.74) is 3.75. The number of halogens is 2. The minimum atomic E-state index is -4.25. The Balaban J connectivity index is 1.82. The van der Waals surface area contributed by atoms with E-state index in [-0.39, 0.29) is 45.5 Å². The highest BCUT2D eigenvalue weighted by molar-refractivity contribution is 7.92. The monoisotopic (exact) mass is 665 g/mol. The summed E-state index contributed by atoms with van der Waals surface area (Å²) in [6, 6.07) is 26.8. The van der Waals surface area contributed by atoms with Crippen molar-refractivity contribution in [2.75, 3.05) is 10.8 Å². The van der Waals surface area contributed by atoms with Crippen LogP contribution in [0.1, 0.15) is 36.1 Å². The fourth-order valence-electron chi connectivity index (χ4n) is 4.83. The molecule has 4 aromatic carbocycles. The minimum Gasteiger partial charge on any atom is -0.352 e. The van der Waals surface area contributed by atoms with Crippen molar-refractivity contribution in [2.24, 2.45) is 0 Å². The number of amides is 2. The molecule has 45 heavy (non-hydrogen) atoms. The van der Waals surface area contributed by atoms with Gasteiger partial charge in [0.1, 0.15) is 12.6 Å². The number of hydrogen-bond donors (Lipinski definition) is 1. The van der Waals surface area contributed by atoms with Crippen LogP contribution in [-0.2, 0) is 32.6 Å². The van der Waals surface area contributed by atoms with Gasteiger partial charge in [-0.1, -0.05) is 101 Å². The zero-order valence-electron chi connectivity index (χ0n) is 25.7. The van der Waals surface area contributed by atoms with Gasteiger partial charge < -0.3 is 10.2 Å². The molecule has 236 valence electrons. The van der Waals surface area contributed by atoms with Crippen LogP contribution in [0.15, 0.2) is 102 Å². The predicted octanol–water partition coefficient (Wildman–Crippen LogP) is 6.97. The van der Waals surface area contributed by atoms with E-state index in [1.807, 2.05) is 82.3 Å². The molecule has 0 spiro atoms. The molecule has 0 radical (unpaired) electrons. The van der Waals surface area contributed by atoms with E-state index >= 15 is 0 Å². The first-order valence-corrected chi connectivity index (χ1v) is 16.8. The van der Waals surface area contributed by atoms with Crippen LogP contribution in [0.4, 0.5) is 5.69 Å². The molecule has 0 fully saturated rings. The smallest absolute Gasteiger partial charge is 0.264 e. The molecule has 4 aromatic rings. The van der Waals surface area contributed by atoms with Gasteiger partial charge in [-0.25, -0.2) is 8.42 Å². The number of nitrogens with one attached hydrogen (secondary N) is 1. The van der Waals surface area contributed by atoms with E-state index < -0.39 is 28.5 Å². The fraction of sp³-hybridized carbons (Fsp3) is 0.257. The van der Waals surface area contributed by atoms with Crippen molar-refractivity contribution in [3.63, 3.8) is 0 Å². The predicted molar refractivity (Wildman–Crippen MR) is 181 cm³/mol. The third kappa shape index (κ3) is 8.87. The molecule has 0 aliphatic heterocycles. The number of carbonyl (C=O) groups excluding carboxylic acids is 2. The molecule has 2 amide bonds. The van der Waals surface area contributed by atoms with Crippen LogP contribution in [0, 0.1) is 13.8 Å².